The Balaban J connectivity index is 0.000000185. The summed E-state index contributed by atoms with van der Waals surface area (Å²) in [4.78, 5) is 54.0. The van der Waals surface area contributed by atoms with E-state index in [9.17, 15) is 40.5 Å². The summed E-state index contributed by atoms with van der Waals surface area (Å²) >= 11 is 0. The van der Waals surface area contributed by atoms with Crippen molar-refractivity contribution < 1.29 is 36.8 Å². The van der Waals surface area contributed by atoms with E-state index >= 15 is 0 Å². The minimum Gasteiger partial charge on any atom is -0.355 e. The number of fused-ring (bicyclic) bond motifs is 8. The average Bonchev–Trinajstić information content (AvgIpc) is 4.11. The third-order valence-electron chi connectivity index (χ3n) is 7.60. The van der Waals surface area contributed by atoms with Gasteiger partial charge in [-0.15, -0.1) is 24.3 Å². The van der Waals surface area contributed by atoms with Gasteiger partial charge in [0.2, 0.25) is 0 Å². The monoisotopic (exact) mass is 854 g/mol. The van der Waals surface area contributed by atoms with E-state index in [0.717, 1.165) is 44.8 Å². The van der Waals surface area contributed by atoms with Gasteiger partial charge in [0.05, 0.1) is 22.8 Å². The van der Waals surface area contributed by atoms with Gasteiger partial charge in [-0.2, -0.15) is 72.8 Å². The zero-order valence-electron chi connectivity index (χ0n) is 31.5. The molecule has 2 aliphatic heterocycles. The second-order valence-corrected chi connectivity index (χ2v) is 11.9. The van der Waals surface area contributed by atoms with E-state index in [1.54, 1.807) is 48.5 Å². The van der Waals surface area contributed by atoms with Gasteiger partial charge in [0.15, 0.2) is 22.7 Å². The number of aromatic amines is 2. The van der Waals surface area contributed by atoms with Gasteiger partial charge >= 0.3 is 17.1 Å². The van der Waals surface area contributed by atoms with Crippen LogP contribution >= 0.6 is 0 Å². The van der Waals surface area contributed by atoms with Crippen molar-refractivity contribution >= 4 is 69.1 Å². The summed E-state index contributed by atoms with van der Waals surface area (Å²) in [5, 5.41) is 39.9. The molecule has 9 rings (SSSR count). The molecule has 302 valence electrons. The number of nitrogens with one attached hydrogen (secondary N) is 2. The molecule has 2 N–H and O–H groups in total. The van der Waals surface area contributed by atoms with Crippen LogP contribution in [0.2, 0.25) is 0 Å². The summed E-state index contributed by atoms with van der Waals surface area (Å²) in [7, 11) is 0. The van der Waals surface area contributed by atoms with Crippen molar-refractivity contribution in [1.29, 1.82) is 0 Å². The van der Waals surface area contributed by atoms with Crippen molar-refractivity contribution in [2.45, 2.75) is 0 Å². The molecule has 16 nitrogen and oxygen atoms in total. The molecular formula is C44H30FeN8O8. The Morgan fingerprint density at radius 2 is 0.639 bits per heavy atom. The number of aromatic nitrogens is 4. The molecule has 7 aromatic rings. The number of nitrogens with zero attached hydrogens (tertiary/aromatic N) is 6. The summed E-state index contributed by atoms with van der Waals surface area (Å²) in [5.74, 6) is 0. The van der Waals surface area contributed by atoms with Crippen molar-refractivity contribution in [2.24, 2.45) is 0 Å². The molecule has 3 aromatic heterocycles. The number of non-ortho nitro benzene ring substituents is 4. The van der Waals surface area contributed by atoms with Crippen LogP contribution in [0.15, 0.2) is 146 Å². The van der Waals surface area contributed by atoms with Crippen LogP contribution in [0, 0.1) is 64.7 Å². The standard InChI is InChI=1S/C20H14N4.4C6H4NO2.Fe/c1-2-14-10-16-5-6-18(23-16)12-20-8-7-19(24-20)11-17-4-3-15(22-17)9-13(1)21-14;4*8-7(9)6-4-2-1-3-5-6;/h1-12,21-22H;4*1-4H;/q;4*-1;+4. The fraction of sp³-hybridized carbons (Fsp3) is 0. The molecule has 61 heavy (non-hydrogen) atoms. The Kier molecular flexibility index (Phi) is 17.2. The maximum Gasteiger partial charge on any atom is 4.00 e. The van der Waals surface area contributed by atoms with Crippen LogP contribution in [0.4, 0.5) is 22.7 Å². The number of nitro benzene ring substituents is 4. The SMILES string of the molecule is C1=Cc2cc3ccc(cc4ccc(cc5nc(cc1n2)C=C5)[nH]4)[nH]3.O=[N+]([O-])c1[c-]cccc1.O=[N+]([O-])c1[c-]cccc1.O=[N+]([O-])c1[c-]cccc1.O=[N+]([O-])c1[c-]cccc1.[Fe+4]. The van der Waals surface area contributed by atoms with Gasteiger partial charge < -0.3 is 9.97 Å². The van der Waals surface area contributed by atoms with Crippen molar-refractivity contribution in [3.63, 3.8) is 0 Å². The van der Waals surface area contributed by atoms with E-state index in [1.165, 1.54) is 48.5 Å². The van der Waals surface area contributed by atoms with E-state index in [0.29, 0.717) is 0 Å². The first-order chi connectivity index (χ1) is 29.0. The van der Waals surface area contributed by atoms with Crippen LogP contribution in [0.1, 0.15) is 22.8 Å². The Bertz CT molecular complexity index is 2500. The van der Waals surface area contributed by atoms with Crippen LogP contribution in [0.3, 0.4) is 0 Å². The smallest absolute Gasteiger partial charge is 0.355 e. The predicted molar refractivity (Wildman–Crippen MR) is 227 cm³/mol. The van der Waals surface area contributed by atoms with Crippen LogP contribution < -0.4 is 0 Å². The molecule has 0 amide bonds. The molecule has 0 radical (unpaired) electrons. The van der Waals surface area contributed by atoms with E-state index in [-0.39, 0.29) is 39.8 Å². The van der Waals surface area contributed by atoms with Gasteiger partial charge in [0.1, 0.15) is 0 Å². The summed E-state index contributed by atoms with van der Waals surface area (Å²) < 4.78 is 0. The minimum absolute atomic E-state index is 0. The van der Waals surface area contributed by atoms with E-state index in [4.69, 9.17) is 0 Å². The largest absolute Gasteiger partial charge is 4.00 e. The molecule has 0 saturated carbocycles. The fourth-order valence-corrected chi connectivity index (χ4v) is 4.93. The second kappa shape index (κ2) is 23.1. The van der Waals surface area contributed by atoms with E-state index < -0.39 is 19.7 Å². The van der Waals surface area contributed by atoms with Crippen LogP contribution in [0.25, 0.3) is 46.4 Å². The maximum absolute atomic E-state index is 9.98. The number of benzene rings is 4. The maximum atomic E-state index is 9.98. The number of hydrogen-bond acceptors (Lipinski definition) is 10. The van der Waals surface area contributed by atoms with Gasteiger partial charge in [0.25, 0.3) is 0 Å². The Morgan fingerprint density at radius 3 is 0.869 bits per heavy atom. The summed E-state index contributed by atoms with van der Waals surface area (Å²) in [6, 6.07) is 51.1. The Morgan fingerprint density at radius 1 is 0.377 bits per heavy atom. The first-order valence-corrected chi connectivity index (χ1v) is 17.5. The van der Waals surface area contributed by atoms with Gasteiger partial charge in [0, 0.05) is 41.8 Å². The summed E-state index contributed by atoms with van der Waals surface area (Å²) in [5.41, 5.74) is 7.91. The number of H-pyrrole nitrogens is 2. The molecule has 0 unspecified atom stereocenters. The first-order valence-electron chi connectivity index (χ1n) is 17.5. The third kappa shape index (κ3) is 15.1. The number of rotatable bonds is 4. The van der Waals surface area contributed by atoms with E-state index in [1.807, 2.05) is 42.5 Å². The second-order valence-electron chi connectivity index (χ2n) is 11.9. The molecule has 17 heteroatoms. The quantitative estimate of drug-likeness (QED) is 0.0736. The Hall–Kier alpha value is -8.40. The van der Waals surface area contributed by atoms with Crippen LogP contribution in [0.5, 0.6) is 0 Å². The molecular weight excluding hydrogens is 824 g/mol. The molecule has 2 aliphatic rings. The van der Waals surface area contributed by atoms with Crippen molar-refractivity contribution in [2.75, 3.05) is 0 Å². The topological polar surface area (TPSA) is 230 Å². The van der Waals surface area contributed by atoms with Crippen LogP contribution in [-0.4, -0.2) is 39.6 Å². The van der Waals surface area contributed by atoms with Gasteiger partial charge in [-0.3, -0.25) is 40.5 Å². The molecule has 8 bridgehead atoms. The minimum atomic E-state index is -0.472. The van der Waals surface area contributed by atoms with Gasteiger partial charge in [-0.25, -0.2) is 9.97 Å². The number of para-hydroxylation sites is 4. The van der Waals surface area contributed by atoms with Gasteiger partial charge in [-0.1, -0.05) is 24.3 Å². The summed E-state index contributed by atoms with van der Waals surface area (Å²) in [6.45, 7) is 0. The predicted octanol–water partition coefficient (Wildman–Crippen LogP) is 10.2. The zero-order valence-corrected chi connectivity index (χ0v) is 32.6. The molecule has 0 aliphatic carbocycles. The molecule has 0 fully saturated rings. The van der Waals surface area contributed by atoms with Crippen molar-refractivity contribution in [1.82, 2.24) is 19.9 Å². The number of nitro groups is 4. The van der Waals surface area contributed by atoms with E-state index in [2.05, 4.69) is 74.5 Å². The van der Waals surface area contributed by atoms with Crippen molar-refractivity contribution in [3.8, 4) is 0 Å². The van der Waals surface area contributed by atoms with Crippen LogP contribution in [-0.2, 0) is 17.1 Å². The third-order valence-corrected chi connectivity index (χ3v) is 7.60. The van der Waals surface area contributed by atoms with Gasteiger partial charge in [-0.05, 0) is 72.8 Å². The average molecular weight is 855 g/mol. The molecule has 0 saturated heterocycles. The molecule has 5 heterocycles. The first kappa shape index (κ1) is 45.3. The Labute approximate surface area is 357 Å². The van der Waals surface area contributed by atoms with Crippen molar-refractivity contribution in [3.05, 3.63) is 233 Å². The molecule has 0 spiro atoms. The fourth-order valence-electron chi connectivity index (χ4n) is 4.93. The zero-order chi connectivity index (χ0) is 42.7. The number of hydrogen-bond donors (Lipinski definition) is 2. The molecule has 0 atom stereocenters. The normalized spacial score (nSPS) is 10.2. The molecule has 4 aromatic carbocycles. The summed E-state index contributed by atoms with van der Waals surface area (Å²) in [6.07, 6.45) is 8.05.